The Hall–Kier alpha value is -2.62. The van der Waals surface area contributed by atoms with Crippen LogP contribution in [0.1, 0.15) is 30.9 Å². The molecular formula is C20H20O4. The van der Waals surface area contributed by atoms with Gasteiger partial charge in [-0.25, -0.2) is 4.79 Å². The monoisotopic (exact) mass is 324 g/mol. The normalized spacial score (nSPS) is 19.1. The largest absolute Gasteiger partial charge is 0.462 e. The Morgan fingerprint density at radius 1 is 1.04 bits per heavy atom. The molecule has 4 heteroatoms. The third-order valence-electron chi connectivity index (χ3n) is 4.25. The standard InChI is InChI=1S/C20H20O4/c1-20(2)13-23-19(22)17(20)24-18(21)16(14-9-5-3-6-10-14)15-11-7-4-8-12-15/h3-12,16-17H,13H2,1-2H3/t17-/m0/s1. The maximum Gasteiger partial charge on any atom is 0.348 e. The van der Waals surface area contributed by atoms with Crippen LogP contribution in [0, 0.1) is 5.41 Å². The molecule has 0 spiro atoms. The molecule has 1 heterocycles. The van der Waals surface area contributed by atoms with Crippen LogP contribution in [0.3, 0.4) is 0 Å². The second-order valence-electron chi connectivity index (χ2n) is 6.67. The van der Waals surface area contributed by atoms with Crippen molar-refractivity contribution in [3.05, 3.63) is 71.8 Å². The lowest BCUT2D eigenvalue weighted by molar-refractivity contribution is -0.163. The smallest absolute Gasteiger partial charge is 0.348 e. The Morgan fingerprint density at radius 2 is 1.54 bits per heavy atom. The van der Waals surface area contributed by atoms with E-state index in [0.717, 1.165) is 11.1 Å². The molecule has 1 aliphatic heterocycles. The molecule has 4 nitrogen and oxygen atoms in total. The van der Waals surface area contributed by atoms with Crippen molar-refractivity contribution < 1.29 is 19.1 Å². The van der Waals surface area contributed by atoms with Gasteiger partial charge in [-0.15, -0.1) is 0 Å². The minimum Gasteiger partial charge on any atom is -0.462 e. The Bertz CT molecular complexity index is 682. The van der Waals surface area contributed by atoms with Gasteiger partial charge < -0.3 is 9.47 Å². The van der Waals surface area contributed by atoms with E-state index >= 15 is 0 Å². The minimum absolute atomic E-state index is 0.255. The van der Waals surface area contributed by atoms with E-state index in [1.54, 1.807) is 0 Å². The average Bonchev–Trinajstić information content (AvgIpc) is 2.84. The van der Waals surface area contributed by atoms with Crippen LogP contribution in [0.5, 0.6) is 0 Å². The Balaban J connectivity index is 1.92. The molecule has 0 saturated carbocycles. The van der Waals surface area contributed by atoms with Gasteiger partial charge in [0.1, 0.15) is 12.5 Å². The molecule has 1 atom stereocenters. The highest BCUT2D eigenvalue weighted by atomic mass is 16.6. The maximum absolute atomic E-state index is 12.9. The summed E-state index contributed by atoms with van der Waals surface area (Å²) in [6.45, 7) is 3.97. The summed E-state index contributed by atoms with van der Waals surface area (Å²) in [5.74, 6) is -1.49. The molecule has 0 aromatic heterocycles. The van der Waals surface area contributed by atoms with E-state index in [1.165, 1.54) is 0 Å². The number of carbonyl (C=O) groups is 2. The van der Waals surface area contributed by atoms with Crippen molar-refractivity contribution in [2.45, 2.75) is 25.9 Å². The molecule has 0 amide bonds. The number of esters is 2. The average molecular weight is 324 g/mol. The summed E-state index contributed by atoms with van der Waals surface area (Å²) in [4.78, 5) is 24.8. The summed E-state index contributed by atoms with van der Waals surface area (Å²) in [7, 11) is 0. The van der Waals surface area contributed by atoms with E-state index in [2.05, 4.69) is 0 Å². The molecule has 24 heavy (non-hydrogen) atoms. The first-order valence-corrected chi connectivity index (χ1v) is 7.96. The molecular weight excluding hydrogens is 304 g/mol. The van der Waals surface area contributed by atoms with Crippen molar-refractivity contribution in [3.8, 4) is 0 Å². The first kappa shape index (κ1) is 16.2. The van der Waals surface area contributed by atoms with Gasteiger partial charge in [0.05, 0.1) is 0 Å². The molecule has 0 radical (unpaired) electrons. The first-order valence-electron chi connectivity index (χ1n) is 7.96. The lowest BCUT2D eigenvalue weighted by atomic mass is 9.88. The number of benzene rings is 2. The summed E-state index contributed by atoms with van der Waals surface area (Å²) in [6, 6.07) is 18.9. The zero-order chi connectivity index (χ0) is 17.2. The molecule has 1 saturated heterocycles. The van der Waals surface area contributed by atoms with Crippen molar-refractivity contribution in [2.75, 3.05) is 6.61 Å². The van der Waals surface area contributed by atoms with Gasteiger partial charge in [0.25, 0.3) is 0 Å². The van der Waals surface area contributed by atoms with Crippen molar-refractivity contribution in [2.24, 2.45) is 5.41 Å². The third kappa shape index (κ3) is 3.18. The van der Waals surface area contributed by atoms with Gasteiger partial charge in [0.15, 0.2) is 0 Å². The van der Waals surface area contributed by atoms with Gasteiger partial charge in [0, 0.05) is 5.41 Å². The third-order valence-corrected chi connectivity index (χ3v) is 4.25. The van der Waals surface area contributed by atoms with Crippen LogP contribution in [-0.2, 0) is 19.1 Å². The van der Waals surface area contributed by atoms with E-state index in [4.69, 9.17) is 9.47 Å². The van der Waals surface area contributed by atoms with E-state index in [9.17, 15) is 9.59 Å². The van der Waals surface area contributed by atoms with E-state index < -0.39 is 29.4 Å². The second-order valence-corrected chi connectivity index (χ2v) is 6.67. The zero-order valence-corrected chi connectivity index (χ0v) is 13.8. The number of rotatable bonds is 4. The molecule has 1 fully saturated rings. The Labute approximate surface area is 141 Å². The lowest BCUT2D eigenvalue weighted by Gasteiger charge is -2.24. The quantitative estimate of drug-likeness (QED) is 0.810. The maximum atomic E-state index is 12.9. The van der Waals surface area contributed by atoms with Crippen molar-refractivity contribution in [1.82, 2.24) is 0 Å². The summed E-state index contributed by atoms with van der Waals surface area (Å²) in [6.07, 6.45) is -0.875. The van der Waals surface area contributed by atoms with Crippen LogP contribution in [0.25, 0.3) is 0 Å². The highest BCUT2D eigenvalue weighted by Crippen LogP contribution is 2.34. The SMILES string of the molecule is CC1(C)COC(=O)[C@@H]1OC(=O)C(c1ccccc1)c1ccccc1. The second kappa shape index (κ2) is 6.48. The van der Waals surface area contributed by atoms with Crippen LogP contribution >= 0.6 is 0 Å². The molecule has 124 valence electrons. The van der Waals surface area contributed by atoms with Gasteiger partial charge in [0.2, 0.25) is 6.10 Å². The number of ether oxygens (including phenoxy) is 2. The van der Waals surface area contributed by atoms with E-state index in [0.29, 0.717) is 0 Å². The summed E-state index contributed by atoms with van der Waals surface area (Å²) in [5, 5.41) is 0. The van der Waals surface area contributed by atoms with Crippen molar-refractivity contribution in [1.29, 1.82) is 0 Å². The fraction of sp³-hybridized carbons (Fsp3) is 0.300. The molecule has 3 rings (SSSR count). The molecule has 1 aliphatic rings. The predicted molar refractivity (Wildman–Crippen MR) is 89.3 cm³/mol. The number of cyclic esters (lactones) is 1. The van der Waals surface area contributed by atoms with Crippen molar-refractivity contribution in [3.63, 3.8) is 0 Å². The molecule has 0 aliphatic carbocycles. The van der Waals surface area contributed by atoms with Crippen LogP contribution in [0.15, 0.2) is 60.7 Å². The Morgan fingerprint density at radius 3 is 1.96 bits per heavy atom. The number of carbonyl (C=O) groups excluding carboxylic acids is 2. The highest BCUT2D eigenvalue weighted by molar-refractivity contribution is 5.86. The van der Waals surface area contributed by atoms with Gasteiger partial charge in [-0.3, -0.25) is 4.79 Å². The van der Waals surface area contributed by atoms with Crippen LogP contribution < -0.4 is 0 Å². The van der Waals surface area contributed by atoms with Crippen LogP contribution in [0.2, 0.25) is 0 Å². The number of hydrogen-bond acceptors (Lipinski definition) is 4. The predicted octanol–water partition coefficient (Wildman–Crippen LogP) is 3.31. The van der Waals surface area contributed by atoms with E-state index in [-0.39, 0.29) is 6.61 Å². The highest BCUT2D eigenvalue weighted by Gasteiger charge is 2.47. The Kier molecular flexibility index (Phi) is 4.38. The first-order chi connectivity index (χ1) is 11.5. The van der Waals surface area contributed by atoms with Gasteiger partial charge >= 0.3 is 11.9 Å². The van der Waals surface area contributed by atoms with Crippen molar-refractivity contribution >= 4 is 11.9 Å². The number of hydrogen-bond donors (Lipinski definition) is 0. The van der Waals surface area contributed by atoms with Crippen LogP contribution in [0.4, 0.5) is 0 Å². The molecule has 2 aromatic rings. The zero-order valence-electron chi connectivity index (χ0n) is 13.8. The summed E-state index contributed by atoms with van der Waals surface area (Å²) < 4.78 is 10.7. The fourth-order valence-corrected chi connectivity index (χ4v) is 2.87. The van der Waals surface area contributed by atoms with Gasteiger partial charge in [-0.2, -0.15) is 0 Å². The minimum atomic E-state index is -0.875. The van der Waals surface area contributed by atoms with Crippen LogP contribution in [-0.4, -0.2) is 24.6 Å². The molecule has 0 N–H and O–H groups in total. The summed E-state index contributed by atoms with van der Waals surface area (Å²) in [5.41, 5.74) is 1.14. The lowest BCUT2D eigenvalue weighted by Crippen LogP contribution is -2.36. The molecule has 0 unspecified atom stereocenters. The summed E-state index contributed by atoms with van der Waals surface area (Å²) >= 11 is 0. The van der Waals surface area contributed by atoms with Gasteiger partial charge in [-0.05, 0) is 11.1 Å². The van der Waals surface area contributed by atoms with Gasteiger partial charge in [-0.1, -0.05) is 74.5 Å². The van der Waals surface area contributed by atoms with E-state index in [1.807, 2.05) is 74.5 Å². The molecule has 2 aromatic carbocycles. The molecule has 0 bridgehead atoms. The fourth-order valence-electron chi connectivity index (χ4n) is 2.87. The topological polar surface area (TPSA) is 52.6 Å².